The number of ether oxygens (including phenoxy) is 2. The Morgan fingerprint density at radius 1 is 1.00 bits per heavy atom. The second kappa shape index (κ2) is 11.0. The van der Waals surface area contributed by atoms with Crippen LogP contribution in [0.15, 0.2) is 78.9 Å². The van der Waals surface area contributed by atoms with Crippen LogP contribution in [0.5, 0.6) is 5.75 Å². The van der Waals surface area contributed by atoms with E-state index in [1.165, 1.54) is 19.2 Å². The second-order valence-corrected chi connectivity index (χ2v) is 8.48. The molecule has 1 heterocycles. The lowest BCUT2D eigenvalue weighted by atomic mass is 10.1. The van der Waals surface area contributed by atoms with Gasteiger partial charge in [0.2, 0.25) is 5.91 Å². The van der Waals surface area contributed by atoms with Gasteiger partial charge in [-0.05, 0) is 66.3 Å². The highest BCUT2D eigenvalue weighted by atomic mass is 32.1. The molecule has 0 saturated carbocycles. The first kappa shape index (κ1) is 24.9. The number of benzene rings is 3. The molecule has 0 bridgehead atoms. The van der Waals surface area contributed by atoms with Gasteiger partial charge in [-0.25, -0.2) is 9.69 Å². The maximum atomic E-state index is 13.5. The first-order valence-electron chi connectivity index (χ1n) is 11.2. The molecular weight excluding hydrogens is 478 g/mol. The summed E-state index contributed by atoms with van der Waals surface area (Å²) in [7, 11) is 2.88. The van der Waals surface area contributed by atoms with Crippen LogP contribution < -0.4 is 15.0 Å². The number of nitrogens with one attached hydrogen (secondary N) is 1. The van der Waals surface area contributed by atoms with E-state index in [2.05, 4.69) is 5.32 Å². The van der Waals surface area contributed by atoms with E-state index >= 15 is 0 Å². The zero-order valence-corrected chi connectivity index (χ0v) is 20.7. The van der Waals surface area contributed by atoms with Gasteiger partial charge in [0, 0.05) is 12.2 Å². The average molecular weight is 504 g/mol. The molecule has 0 radical (unpaired) electrons. The molecule has 1 atom stereocenters. The number of thiocarbonyl (C=S) groups is 1. The molecule has 3 aromatic carbocycles. The first-order chi connectivity index (χ1) is 17.4. The molecule has 3 aromatic rings. The van der Waals surface area contributed by atoms with Gasteiger partial charge >= 0.3 is 5.97 Å². The van der Waals surface area contributed by atoms with Crippen molar-refractivity contribution in [3.8, 4) is 5.75 Å². The maximum Gasteiger partial charge on any atom is 0.337 e. The normalized spacial score (nSPS) is 14.9. The largest absolute Gasteiger partial charge is 0.497 e. The average Bonchev–Trinajstić information content (AvgIpc) is 3.21. The molecule has 1 N–H and O–H groups in total. The minimum absolute atomic E-state index is 0.0329. The van der Waals surface area contributed by atoms with Gasteiger partial charge in [0.25, 0.3) is 5.91 Å². The third-order valence-electron chi connectivity index (χ3n) is 5.84. The molecule has 1 saturated heterocycles. The van der Waals surface area contributed by atoms with Gasteiger partial charge in [-0.2, -0.15) is 0 Å². The highest BCUT2D eigenvalue weighted by Crippen LogP contribution is 2.28. The molecule has 1 fully saturated rings. The van der Waals surface area contributed by atoms with E-state index in [-0.39, 0.29) is 18.2 Å². The molecule has 36 heavy (non-hydrogen) atoms. The van der Waals surface area contributed by atoms with Gasteiger partial charge in [-0.15, -0.1) is 0 Å². The van der Waals surface area contributed by atoms with E-state index in [0.29, 0.717) is 28.7 Å². The number of nitrogens with zero attached hydrogens (tertiary/aromatic N) is 2. The number of rotatable bonds is 7. The minimum Gasteiger partial charge on any atom is -0.497 e. The van der Waals surface area contributed by atoms with Crippen molar-refractivity contribution in [1.29, 1.82) is 0 Å². The SMILES string of the molecule is COC(=O)c1ccc(N2C(=O)CC(N(Cc3ccccc3)C(=S)Nc3ccc(OC)cc3)C2=O)cc1. The first-order valence-corrected chi connectivity index (χ1v) is 11.6. The summed E-state index contributed by atoms with van der Waals surface area (Å²) in [6.45, 7) is 0.335. The predicted octanol–water partition coefficient (Wildman–Crippen LogP) is 4.01. The summed E-state index contributed by atoms with van der Waals surface area (Å²) in [5, 5.41) is 3.49. The van der Waals surface area contributed by atoms with E-state index < -0.39 is 12.0 Å². The fourth-order valence-electron chi connectivity index (χ4n) is 3.97. The van der Waals surface area contributed by atoms with E-state index in [9.17, 15) is 14.4 Å². The summed E-state index contributed by atoms with van der Waals surface area (Å²) in [5.41, 5.74) is 2.38. The number of hydrogen-bond acceptors (Lipinski definition) is 6. The van der Waals surface area contributed by atoms with Crippen LogP contribution in [0.3, 0.4) is 0 Å². The predicted molar refractivity (Wildman–Crippen MR) is 140 cm³/mol. The molecule has 184 valence electrons. The molecule has 9 heteroatoms. The fraction of sp³-hybridized carbons (Fsp3) is 0.185. The molecule has 0 aliphatic carbocycles. The van der Waals surface area contributed by atoms with Crippen molar-refractivity contribution in [2.45, 2.75) is 19.0 Å². The lowest BCUT2D eigenvalue weighted by Gasteiger charge is -2.30. The Kier molecular flexibility index (Phi) is 7.60. The lowest BCUT2D eigenvalue weighted by molar-refractivity contribution is -0.122. The second-order valence-electron chi connectivity index (χ2n) is 8.10. The third kappa shape index (κ3) is 5.36. The molecule has 2 amide bonds. The van der Waals surface area contributed by atoms with Crippen LogP contribution in [0.4, 0.5) is 11.4 Å². The quantitative estimate of drug-likeness (QED) is 0.294. The van der Waals surface area contributed by atoms with E-state index in [1.54, 1.807) is 36.3 Å². The standard InChI is InChI=1S/C27H25N3O5S/c1-34-22-14-10-20(11-15-22)28-27(36)29(17-18-6-4-3-5-7-18)23-16-24(31)30(25(23)32)21-12-8-19(9-13-21)26(33)35-2/h3-15,23H,16-17H2,1-2H3,(H,28,36). The summed E-state index contributed by atoms with van der Waals surface area (Å²) in [6.07, 6.45) is -0.0329. The van der Waals surface area contributed by atoms with Crippen molar-refractivity contribution in [3.05, 3.63) is 90.0 Å². The monoisotopic (exact) mass is 503 g/mol. The Hall–Kier alpha value is -4.24. The van der Waals surface area contributed by atoms with E-state index in [1.807, 2.05) is 42.5 Å². The minimum atomic E-state index is -0.795. The maximum absolute atomic E-state index is 13.5. The van der Waals surface area contributed by atoms with E-state index in [4.69, 9.17) is 21.7 Å². The molecule has 4 rings (SSSR count). The number of imide groups is 1. The summed E-state index contributed by atoms with van der Waals surface area (Å²) in [5.74, 6) is -0.526. The highest BCUT2D eigenvalue weighted by Gasteiger charge is 2.43. The van der Waals surface area contributed by atoms with Crippen LogP contribution in [0.1, 0.15) is 22.3 Å². The topological polar surface area (TPSA) is 88.2 Å². The van der Waals surface area contributed by atoms with Crippen molar-refractivity contribution >= 4 is 46.5 Å². The Morgan fingerprint density at radius 2 is 1.67 bits per heavy atom. The summed E-state index contributed by atoms with van der Waals surface area (Å²) in [4.78, 5) is 41.1. The van der Waals surface area contributed by atoms with Crippen molar-refractivity contribution in [3.63, 3.8) is 0 Å². The highest BCUT2D eigenvalue weighted by molar-refractivity contribution is 7.80. The van der Waals surface area contributed by atoms with Crippen molar-refractivity contribution in [1.82, 2.24) is 4.90 Å². The van der Waals surface area contributed by atoms with Crippen LogP contribution in [-0.4, -0.2) is 48.1 Å². The van der Waals surface area contributed by atoms with Gasteiger partial charge in [0.05, 0.1) is 31.9 Å². The molecular formula is C27H25N3O5S. The Bertz CT molecular complexity index is 1260. The Balaban J connectivity index is 1.59. The number of anilines is 2. The van der Waals surface area contributed by atoms with Gasteiger partial charge in [0.1, 0.15) is 11.8 Å². The Morgan fingerprint density at radius 3 is 2.28 bits per heavy atom. The number of hydrogen-bond donors (Lipinski definition) is 1. The van der Waals surface area contributed by atoms with Crippen LogP contribution in [0.25, 0.3) is 0 Å². The van der Waals surface area contributed by atoms with Gasteiger partial charge in [0.15, 0.2) is 5.11 Å². The van der Waals surface area contributed by atoms with Gasteiger partial charge in [-0.1, -0.05) is 30.3 Å². The van der Waals surface area contributed by atoms with Crippen LogP contribution >= 0.6 is 12.2 Å². The van der Waals surface area contributed by atoms with Crippen LogP contribution in [0.2, 0.25) is 0 Å². The number of amides is 2. The molecule has 1 aliphatic heterocycles. The smallest absolute Gasteiger partial charge is 0.337 e. The molecule has 0 spiro atoms. The molecule has 0 aromatic heterocycles. The van der Waals surface area contributed by atoms with Crippen molar-refractivity contribution < 1.29 is 23.9 Å². The summed E-state index contributed by atoms with van der Waals surface area (Å²) in [6, 6.07) is 22.2. The summed E-state index contributed by atoms with van der Waals surface area (Å²) >= 11 is 5.71. The van der Waals surface area contributed by atoms with Crippen molar-refractivity contribution in [2.24, 2.45) is 0 Å². The molecule has 8 nitrogen and oxygen atoms in total. The van der Waals surface area contributed by atoms with Gasteiger partial charge < -0.3 is 19.7 Å². The van der Waals surface area contributed by atoms with Crippen molar-refractivity contribution in [2.75, 3.05) is 24.4 Å². The zero-order valence-electron chi connectivity index (χ0n) is 19.8. The van der Waals surface area contributed by atoms with Gasteiger partial charge in [-0.3, -0.25) is 9.59 Å². The number of carbonyl (C=O) groups is 3. The molecule has 1 unspecified atom stereocenters. The fourth-order valence-corrected chi connectivity index (χ4v) is 4.28. The van der Waals surface area contributed by atoms with E-state index in [0.717, 1.165) is 16.2 Å². The number of carbonyl (C=O) groups excluding carboxylic acids is 3. The number of methoxy groups -OCH3 is 2. The lowest BCUT2D eigenvalue weighted by Crippen LogP contribution is -2.46. The van der Waals surface area contributed by atoms with Crippen LogP contribution in [0, 0.1) is 0 Å². The zero-order chi connectivity index (χ0) is 25.7. The van der Waals surface area contributed by atoms with Crippen LogP contribution in [-0.2, 0) is 20.9 Å². The molecule has 1 aliphatic rings. The summed E-state index contributed by atoms with van der Waals surface area (Å²) < 4.78 is 9.92. The third-order valence-corrected chi connectivity index (χ3v) is 6.18. The Labute approximate surface area is 214 Å². The number of esters is 1.